The van der Waals surface area contributed by atoms with Crippen LogP contribution in [0.15, 0.2) is 12.4 Å². The first kappa shape index (κ1) is 13.5. The van der Waals surface area contributed by atoms with E-state index < -0.39 is 0 Å². The Morgan fingerprint density at radius 3 is 2.60 bits per heavy atom. The predicted octanol–water partition coefficient (Wildman–Crippen LogP) is -0.139. The van der Waals surface area contributed by atoms with Gasteiger partial charge in [0.05, 0.1) is 11.4 Å². The zero-order valence-electron chi connectivity index (χ0n) is 11.6. The number of nitrogens with zero attached hydrogens (tertiary/aromatic N) is 3. The number of hydrogen-bond donors (Lipinski definition) is 2. The number of likely N-dealkylation sites (tertiary alicyclic amines) is 1. The molecule has 1 aromatic rings. The lowest BCUT2D eigenvalue weighted by atomic mass is 9.94. The number of primary amides is 1. The van der Waals surface area contributed by atoms with E-state index in [1.165, 1.54) is 0 Å². The molecule has 3 N–H and O–H groups in total. The number of amides is 1. The van der Waals surface area contributed by atoms with Crippen molar-refractivity contribution in [1.29, 1.82) is 0 Å². The molecule has 3 heterocycles. The Hall–Kier alpha value is -1.53. The number of carbonyl (C=O) groups is 1. The van der Waals surface area contributed by atoms with Crippen LogP contribution in [-0.2, 0) is 11.3 Å². The number of aromatic nitrogens is 2. The van der Waals surface area contributed by atoms with Gasteiger partial charge in [-0.05, 0) is 25.9 Å². The van der Waals surface area contributed by atoms with Gasteiger partial charge in [-0.1, -0.05) is 0 Å². The zero-order valence-corrected chi connectivity index (χ0v) is 11.6. The molecule has 1 amide bonds. The molecule has 2 aliphatic heterocycles. The Morgan fingerprint density at radius 2 is 2.00 bits per heavy atom. The third-order valence-corrected chi connectivity index (χ3v) is 4.34. The lowest BCUT2D eigenvalue weighted by molar-refractivity contribution is -0.123. The average Bonchev–Trinajstić information content (AvgIpc) is 2.39. The second-order valence-electron chi connectivity index (χ2n) is 5.70. The smallest absolute Gasteiger partial charge is 0.220 e. The number of nitrogens with one attached hydrogen (secondary N) is 1. The van der Waals surface area contributed by atoms with E-state index in [0.29, 0.717) is 5.92 Å². The molecule has 108 valence electrons. The monoisotopic (exact) mass is 275 g/mol. The molecular weight excluding hydrogens is 254 g/mol. The van der Waals surface area contributed by atoms with Crippen molar-refractivity contribution in [2.75, 3.05) is 26.2 Å². The highest BCUT2D eigenvalue weighted by atomic mass is 16.1. The highest BCUT2D eigenvalue weighted by Gasteiger charge is 2.27. The highest BCUT2D eigenvalue weighted by molar-refractivity contribution is 5.76. The fourth-order valence-electron chi connectivity index (χ4n) is 2.91. The summed E-state index contributed by atoms with van der Waals surface area (Å²) in [6.07, 6.45) is 5.25. The quantitative estimate of drug-likeness (QED) is 0.799. The second kappa shape index (κ2) is 5.85. The fourth-order valence-corrected chi connectivity index (χ4v) is 2.91. The van der Waals surface area contributed by atoms with Gasteiger partial charge in [0.2, 0.25) is 5.91 Å². The van der Waals surface area contributed by atoms with E-state index in [1.807, 2.05) is 0 Å². The van der Waals surface area contributed by atoms with Crippen LogP contribution in [0.3, 0.4) is 0 Å². The van der Waals surface area contributed by atoms with Crippen LogP contribution in [0.2, 0.25) is 0 Å². The number of piperidine rings is 1. The first-order valence-corrected chi connectivity index (χ1v) is 7.26. The molecular formula is C14H21N5O. The van der Waals surface area contributed by atoms with Crippen LogP contribution in [0.5, 0.6) is 0 Å². The third-order valence-electron chi connectivity index (χ3n) is 4.34. The molecule has 3 rings (SSSR count). The molecule has 0 aliphatic carbocycles. The Bertz CT molecular complexity index is 480. The van der Waals surface area contributed by atoms with E-state index >= 15 is 0 Å². The summed E-state index contributed by atoms with van der Waals surface area (Å²) in [5, 5.41) is 3.28. The molecule has 0 spiro atoms. The summed E-state index contributed by atoms with van der Waals surface area (Å²) in [6.45, 7) is 4.63. The molecule has 6 heteroatoms. The van der Waals surface area contributed by atoms with Gasteiger partial charge in [-0.2, -0.15) is 0 Å². The van der Waals surface area contributed by atoms with E-state index in [0.717, 1.165) is 57.0 Å². The maximum absolute atomic E-state index is 11.2. The summed E-state index contributed by atoms with van der Waals surface area (Å²) >= 11 is 0. The van der Waals surface area contributed by atoms with E-state index in [1.54, 1.807) is 12.4 Å². The molecule has 1 aromatic heterocycles. The van der Waals surface area contributed by atoms with Gasteiger partial charge >= 0.3 is 0 Å². The van der Waals surface area contributed by atoms with Crippen molar-refractivity contribution in [3.8, 4) is 0 Å². The van der Waals surface area contributed by atoms with Crippen molar-refractivity contribution in [3.05, 3.63) is 23.8 Å². The summed E-state index contributed by atoms with van der Waals surface area (Å²) in [5.41, 5.74) is 7.58. The maximum atomic E-state index is 11.2. The lowest BCUT2D eigenvalue weighted by Gasteiger charge is -2.32. The van der Waals surface area contributed by atoms with Crippen LogP contribution in [0.1, 0.15) is 30.1 Å². The van der Waals surface area contributed by atoms with Gasteiger partial charge in [-0.15, -0.1) is 0 Å². The summed E-state index contributed by atoms with van der Waals surface area (Å²) in [6, 6.07) is 0. The Kier molecular flexibility index (Phi) is 3.93. The van der Waals surface area contributed by atoms with E-state index in [4.69, 9.17) is 5.73 Å². The van der Waals surface area contributed by atoms with Gasteiger partial charge < -0.3 is 11.1 Å². The maximum Gasteiger partial charge on any atom is 0.220 e. The number of nitrogens with two attached hydrogens (primary N) is 1. The molecule has 20 heavy (non-hydrogen) atoms. The fraction of sp³-hybridized carbons (Fsp3) is 0.643. The summed E-state index contributed by atoms with van der Waals surface area (Å²) in [4.78, 5) is 22.5. The number of rotatable bonds is 4. The lowest BCUT2D eigenvalue weighted by Crippen LogP contribution is -2.42. The molecule has 0 atom stereocenters. The second-order valence-corrected chi connectivity index (χ2v) is 5.70. The van der Waals surface area contributed by atoms with Gasteiger partial charge in [-0.25, -0.2) is 0 Å². The van der Waals surface area contributed by atoms with Crippen molar-refractivity contribution >= 4 is 5.91 Å². The van der Waals surface area contributed by atoms with Crippen LogP contribution >= 0.6 is 0 Å². The van der Waals surface area contributed by atoms with Gasteiger partial charge in [0, 0.05) is 43.9 Å². The van der Waals surface area contributed by atoms with Gasteiger partial charge in [0.25, 0.3) is 0 Å². The summed E-state index contributed by atoms with van der Waals surface area (Å²) in [7, 11) is 0. The van der Waals surface area contributed by atoms with Gasteiger partial charge in [0.15, 0.2) is 0 Å². The highest BCUT2D eigenvalue weighted by Crippen LogP contribution is 2.23. The predicted molar refractivity (Wildman–Crippen MR) is 74.8 cm³/mol. The Balaban J connectivity index is 1.62. The SMILES string of the molecule is NC(=O)C1CCN(Cc2nccnc2C2CNC2)CC1. The third kappa shape index (κ3) is 2.81. The van der Waals surface area contributed by atoms with Gasteiger partial charge in [0.1, 0.15) is 0 Å². The first-order valence-electron chi connectivity index (χ1n) is 7.26. The van der Waals surface area contributed by atoms with Crippen molar-refractivity contribution in [3.63, 3.8) is 0 Å². The zero-order chi connectivity index (χ0) is 13.9. The Labute approximate surface area is 118 Å². The molecule has 2 fully saturated rings. The van der Waals surface area contributed by atoms with Crippen LogP contribution in [0.4, 0.5) is 0 Å². The largest absolute Gasteiger partial charge is 0.369 e. The molecule has 0 unspecified atom stereocenters. The average molecular weight is 275 g/mol. The minimum Gasteiger partial charge on any atom is -0.369 e. The number of carbonyl (C=O) groups excluding carboxylic acids is 1. The molecule has 2 aliphatic rings. The van der Waals surface area contributed by atoms with E-state index in [-0.39, 0.29) is 11.8 Å². The normalized spacial score (nSPS) is 21.6. The van der Waals surface area contributed by atoms with Gasteiger partial charge in [-0.3, -0.25) is 19.7 Å². The molecule has 0 bridgehead atoms. The number of hydrogen-bond acceptors (Lipinski definition) is 5. The molecule has 0 saturated carbocycles. The standard InChI is InChI=1S/C14H21N5O/c15-14(20)10-1-5-19(6-2-10)9-12-13(11-7-16-8-11)18-4-3-17-12/h3-4,10-11,16H,1-2,5-9H2,(H2,15,20). The van der Waals surface area contributed by atoms with E-state index in [2.05, 4.69) is 20.2 Å². The topological polar surface area (TPSA) is 84.1 Å². The molecule has 0 radical (unpaired) electrons. The minimum atomic E-state index is -0.162. The van der Waals surface area contributed by atoms with Crippen molar-refractivity contribution in [2.45, 2.75) is 25.3 Å². The van der Waals surface area contributed by atoms with Crippen LogP contribution in [0, 0.1) is 5.92 Å². The van der Waals surface area contributed by atoms with Crippen LogP contribution in [0.25, 0.3) is 0 Å². The first-order chi connectivity index (χ1) is 9.74. The van der Waals surface area contributed by atoms with Crippen LogP contribution < -0.4 is 11.1 Å². The van der Waals surface area contributed by atoms with E-state index in [9.17, 15) is 4.79 Å². The minimum absolute atomic E-state index is 0.0448. The van der Waals surface area contributed by atoms with Crippen LogP contribution in [-0.4, -0.2) is 47.0 Å². The summed E-state index contributed by atoms with van der Waals surface area (Å²) < 4.78 is 0. The summed E-state index contributed by atoms with van der Waals surface area (Å²) in [5.74, 6) is 0.385. The molecule has 2 saturated heterocycles. The Morgan fingerprint density at radius 1 is 1.30 bits per heavy atom. The van der Waals surface area contributed by atoms with Crippen molar-refractivity contribution in [2.24, 2.45) is 11.7 Å². The molecule has 0 aromatic carbocycles. The molecule has 6 nitrogen and oxygen atoms in total. The van der Waals surface area contributed by atoms with Crippen molar-refractivity contribution in [1.82, 2.24) is 20.2 Å². The van der Waals surface area contributed by atoms with Crippen molar-refractivity contribution < 1.29 is 4.79 Å².